The van der Waals surface area contributed by atoms with Gasteiger partial charge in [0, 0.05) is 0 Å². The van der Waals surface area contributed by atoms with Gasteiger partial charge in [0.25, 0.3) is 0 Å². The molecule has 0 aliphatic carbocycles. The Balaban J connectivity index is 3.68. The van der Waals surface area contributed by atoms with Crippen LogP contribution in [-0.2, 0) is 14.6 Å². The van der Waals surface area contributed by atoms with E-state index in [0.717, 1.165) is 12.8 Å². The van der Waals surface area contributed by atoms with E-state index in [1.165, 1.54) is 32.6 Å². The van der Waals surface area contributed by atoms with Gasteiger partial charge in [-0.3, -0.25) is 4.79 Å². The molecular weight excluding hydrogens is 252 g/mol. The molecule has 0 bridgehead atoms. The Morgan fingerprint density at radius 3 is 2.06 bits per heavy atom. The third-order valence-electron chi connectivity index (χ3n) is 2.98. The third-order valence-corrected chi connectivity index (χ3v) is 4.90. The number of hydrogen-bond donors (Lipinski definition) is 1. The maximum atomic E-state index is 11.6. The van der Waals surface area contributed by atoms with Gasteiger partial charge in [-0.25, -0.2) is 8.42 Å². The van der Waals surface area contributed by atoms with E-state index in [9.17, 15) is 13.2 Å². The van der Waals surface area contributed by atoms with Crippen LogP contribution in [0.1, 0.15) is 58.8 Å². The molecule has 1 N–H and O–H groups in total. The van der Waals surface area contributed by atoms with Gasteiger partial charge in [-0.15, -0.1) is 0 Å². The molecule has 0 saturated heterocycles. The van der Waals surface area contributed by atoms with Crippen LogP contribution >= 0.6 is 0 Å². The van der Waals surface area contributed by atoms with Crippen molar-refractivity contribution in [2.45, 2.75) is 58.8 Å². The van der Waals surface area contributed by atoms with Crippen molar-refractivity contribution in [1.29, 1.82) is 0 Å². The van der Waals surface area contributed by atoms with Crippen molar-refractivity contribution in [2.75, 3.05) is 11.5 Å². The number of carboxylic acid groups (broad SMARTS) is 1. The second-order valence-corrected chi connectivity index (χ2v) is 7.20. The Morgan fingerprint density at radius 2 is 1.56 bits per heavy atom. The molecule has 0 heterocycles. The van der Waals surface area contributed by atoms with Gasteiger partial charge in [-0.2, -0.15) is 0 Å². The van der Waals surface area contributed by atoms with Crippen molar-refractivity contribution in [3.05, 3.63) is 0 Å². The Labute approximate surface area is 111 Å². The summed E-state index contributed by atoms with van der Waals surface area (Å²) in [5.74, 6) is -1.96. The highest BCUT2D eigenvalue weighted by molar-refractivity contribution is 7.91. The Hall–Kier alpha value is -0.580. The van der Waals surface area contributed by atoms with Gasteiger partial charge in [-0.05, 0) is 6.42 Å². The summed E-state index contributed by atoms with van der Waals surface area (Å²) in [5.41, 5.74) is 0. The quantitative estimate of drug-likeness (QED) is 0.590. The molecule has 108 valence electrons. The Kier molecular flexibility index (Phi) is 9.06. The van der Waals surface area contributed by atoms with Gasteiger partial charge in [-0.1, -0.05) is 52.4 Å². The van der Waals surface area contributed by atoms with Gasteiger partial charge in [0.15, 0.2) is 9.84 Å². The summed E-state index contributed by atoms with van der Waals surface area (Å²) in [6.07, 6.45) is 7.49. The molecule has 0 amide bonds. The summed E-state index contributed by atoms with van der Waals surface area (Å²) in [6, 6.07) is 0. The smallest absolute Gasteiger partial charge is 0.307 e. The van der Waals surface area contributed by atoms with Crippen molar-refractivity contribution < 1.29 is 18.3 Å². The highest BCUT2D eigenvalue weighted by Gasteiger charge is 2.20. The number of unbranched alkanes of at least 4 members (excludes halogenated alkanes) is 6. The van der Waals surface area contributed by atoms with Crippen molar-refractivity contribution in [2.24, 2.45) is 5.92 Å². The highest BCUT2D eigenvalue weighted by atomic mass is 32.2. The first-order chi connectivity index (χ1) is 8.39. The number of carboxylic acids is 1. The standard InChI is InChI=1S/C13H26O4S/c1-3-4-5-6-7-8-9-10-18(16,17)11-12(2)13(14)15/h12H,3-11H2,1-2H3,(H,14,15). The lowest BCUT2D eigenvalue weighted by Crippen LogP contribution is -2.22. The number of rotatable bonds is 11. The topological polar surface area (TPSA) is 71.4 Å². The van der Waals surface area contributed by atoms with Crippen LogP contribution in [0.25, 0.3) is 0 Å². The second kappa shape index (κ2) is 9.36. The lowest BCUT2D eigenvalue weighted by molar-refractivity contribution is -0.140. The van der Waals surface area contributed by atoms with Crippen LogP contribution in [-0.4, -0.2) is 31.0 Å². The molecule has 0 aromatic carbocycles. The third kappa shape index (κ3) is 9.45. The van der Waals surface area contributed by atoms with E-state index in [-0.39, 0.29) is 11.5 Å². The molecule has 0 rings (SSSR count). The predicted molar refractivity (Wildman–Crippen MR) is 73.4 cm³/mol. The van der Waals surface area contributed by atoms with E-state index < -0.39 is 21.7 Å². The monoisotopic (exact) mass is 278 g/mol. The van der Waals surface area contributed by atoms with Crippen LogP contribution < -0.4 is 0 Å². The van der Waals surface area contributed by atoms with E-state index in [1.54, 1.807) is 0 Å². The molecule has 0 spiro atoms. The van der Waals surface area contributed by atoms with Crippen LogP contribution in [0.3, 0.4) is 0 Å². The molecule has 0 aliphatic heterocycles. The maximum absolute atomic E-state index is 11.6. The van der Waals surface area contributed by atoms with Gasteiger partial charge >= 0.3 is 5.97 Å². The zero-order valence-corrected chi connectivity index (χ0v) is 12.3. The molecular formula is C13H26O4S. The minimum atomic E-state index is -3.20. The molecule has 18 heavy (non-hydrogen) atoms. The number of sulfone groups is 1. The van der Waals surface area contributed by atoms with Crippen LogP contribution in [0.15, 0.2) is 0 Å². The molecule has 1 atom stereocenters. The summed E-state index contributed by atoms with van der Waals surface area (Å²) in [7, 11) is -3.20. The Bertz CT molecular complexity index is 322. The van der Waals surface area contributed by atoms with Crippen LogP contribution in [0.2, 0.25) is 0 Å². The van der Waals surface area contributed by atoms with E-state index in [2.05, 4.69) is 6.92 Å². The van der Waals surface area contributed by atoms with E-state index in [0.29, 0.717) is 6.42 Å². The fraction of sp³-hybridized carbons (Fsp3) is 0.923. The van der Waals surface area contributed by atoms with Crippen molar-refractivity contribution in [1.82, 2.24) is 0 Å². The molecule has 0 aliphatic rings. The fourth-order valence-electron chi connectivity index (χ4n) is 1.81. The number of carbonyl (C=O) groups is 1. The van der Waals surface area contributed by atoms with Gasteiger partial charge < -0.3 is 5.11 Å². The van der Waals surface area contributed by atoms with Crippen LogP contribution in [0.4, 0.5) is 0 Å². The second-order valence-electron chi connectivity index (χ2n) is 4.97. The molecule has 0 fully saturated rings. The number of aliphatic carboxylic acids is 1. The molecule has 0 aromatic rings. The highest BCUT2D eigenvalue weighted by Crippen LogP contribution is 2.09. The van der Waals surface area contributed by atoms with Gasteiger partial charge in [0.2, 0.25) is 0 Å². The summed E-state index contributed by atoms with van der Waals surface area (Å²) in [6.45, 7) is 3.60. The van der Waals surface area contributed by atoms with E-state index in [4.69, 9.17) is 5.11 Å². The SMILES string of the molecule is CCCCCCCCCS(=O)(=O)CC(C)C(=O)O. The van der Waals surface area contributed by atoms with E-state index in [1.807, 2.05) is 0 Å². The zero-order valence-electron chi connectivity index (χ0n) is 11.5. The van der Waals surface area contributed by atoms with Crippen molar-refractivity contribution >= 4 is 15.8 Å². The van der Waals surface area contributed by atoms with Gasteiger partial charge in [0.1, 0.15) is 0 Å². The summed E-state index contributed by atoms with van der Waals surface area (Å²) < 4.78 is 23.2. The lowest BCUT2D eigenvalue weighted by Gasteiger charge is -2.07. The normalized spacial score (nSPS) is 13.4. The average molecular weight is 278 g/mol. The summed E-state index contributed by atoms with van der Waals surface area (Å²) in [5, 5.41) is 8.67. The fourth-order valence-corrected chi connectivity index (χ4v) is 3.53. The Morgan fingerprint density at radius 1 is 1.06 bits per heavy atom. The zero-order chi connectivity index (χ0) is 14.0. The number of hydrogen-bond acceptors (Lipinski definition) is 3. The minimum absolute atomic E-state index is 0.123. The summed E-state index contributed by atoms with van der Waals surface area (Å²) >= 11 is 0. The molecule has 0 saturated carbocycles. The van der Waals surface area contributed by atoms with Crippen molar-refractivity contribution in [3.63, 3.8) is 0 Å². The van der Waals surface area contributed by atoms with Gasteiger partial charge in [0.05, 0.1) is 17.4 Å². The van der Waals surface area contributed by atoms with E-state index >= 15 is 0 Å². The summed E-state index contributed by atoms with van der Waals surface area (Å²) in [4.78, 5) is 10.6. The van der Waals surface area contributed by atoms with Crippen LogP contribution in [0.5, 0.6) is 0 Å². The largest absolute Gasteiger partial charge is 0.481 e. The van der Waals surface area contributed by atoms with Crippen molar-refractivity contribution in [3.8, 4) is 0 Å². The predicted octanol–water partition coefficient (Wildman–Crippen LogP) is 2.87. The molecule has 0 radical (unpaired) electrons. The van der Waals surface area contributed by atoms with Crippen LogP contribution in [0, 0.1) is 5.92 Å². The molecule has 5 heteroatoms. The average Bonchev–Trinajstić information content (AvgIpc) is 2.27. The lowest BCUT2D eigenvalue weighted by atomic mass is 10.1. The molecule has 4 nitrogen and oxygen atoms in total. The minimum Gasteiger partial charge on any atom is -0.481 e. The molecule has 1 unspecified atom stereocenters. The first-order valence-corrected chi connectivity index (χ1v) is 8.64. The first kappa shape index (κ1) is 17.4. The maximum Gasteiger partial charge on any atom is 0.307 e. The molecule has 0 aromatic heterocycles. The first-order valence-electron chi connectivity index (χ1n) is 6.82.